The number of aromatic amines is 1. The molecule has 0 aliphatic rings. The van der Waals surface area contributed by atoms with E-state index in [1.165, 1.54) is 0 Å². The number of methoxy groups -OCH3 is 2. The van der Waals surface area contributed by atoms with Crippen molar-refractivity contribution in [1.29, 1.82) is 0 Å². The summed E-state index contributed by atoms with van der Waals surface area (Å²) in [6, 6.07) is 13.3. The summed E-state index contributed by atoms with van der Waals surface area (Å²) in [4.78, 5) is 1.97. The van der Waals surface area contributed by atoms with Gasteiger partial charge in [-0.3, -0.25) is 0 Å². The van der Waals surface area contributed by atoms with Crippen molar-refractivity contribution in [2.24, 2.45) is 5.10 Å². The van der Waals surface area contributed by atoms with Crippen LogP contribution in [0.2, 0.25) is 0 Å². The van der Waals surface area contributed by atoms with Gasteiger partial charge in [0.25, 0.3) is 0 Å². The summed E-state index contributed by atoms with van der Waals surface area (Å²) < 4.78 is 12.6. The van der Waals surface area contributed by atoms with E-state index in [9.17, 15) is 0 Å². The number of ether oxygens (including phenoxy) is 2. The quantitative estimate of drug-likeness (QED) is 0.436. The number of H-pyrrole nitrogens is 1. The first-order chi connectivity index (χ1) is 14.1. The second kappa shape index (κ2) is 9.35. The molecule has 0 fully saturated rings. The molecule has 2 N–H and O–H groups in total. The predicted molar refractivity (Wildman–Crippen MR) is 116 cm³/mol. The number of aliphatic hydroxyl groups is 1. The van der Waals surface area contributed by atoms with Crippen LogP contribution in [0, 0.1) is 4.77 Å². The Morgan fingerprint density at radius 3 is 2.55 bits per heavy atom. The van der Waals surface area contributed by atoms with Crippen molar-refractivity contribution in [3.05, 3.63) is 52.8 Å². The molecule has 0 bridgehead atoms. The van der Waals surface area contributed by atoms with Gasteiger partial charge in [-0.25, -0.2) is 5.10 Å². The lowest BCUT2D eigenvalue weighted by atomic mass is 10.2. The molecule has 29 heavy (non-hydrogen) atoms. The average molecular weight is 414 g/mol. The van der Waals surface area contributed by atoms with E-state index in [-0.39, 0.29) is 6.61 Å². The number of hydrogen-bond acceptors (Lipinski definition) is 7. The Labute approximate surface area is 174 Å². The maximum atomic E-state index is 9.05. The fourth-order valence-electron chi connectivity index (χ4n) is 2.78. The van der Waals surface area contributed by atoms with Crippen LogP contribution in [0.5, 0.6) is 11.5 Å². The smallest absolute Gasteiger partial charge is 0.216 e. The highest BCUT2D eigenvalue weighted by Crippen LogP contribution is 2.31. The zero-order chi connectivity index (χ0) is 20.8. The van der Waals surface area contributed by atoms with Crippen LogP contribution in [0.15, 0.2) is 47.6 Å². The molecule has 8 nitrogen and oxygen atoms in total. The number of benzene rings is 2. The number of rotatable bonds is 8. The first kappa shape index (κ1) is 20.6. The molecule has 0 saturated carbocycles. The molecule has 0 amide bonds. The molecule has 0 atom stereocenters. The molecule has 2 aromatic carbocycles. The number of nitrogens with zero attached hydrogens (tertiary/aromatic N) is 4. The molecule has 1 heterocycles. The van der Waals surface area contributed by atoms with Crippen molar-refractivity contribution in [3.8, 4) is 22.9 Å². The van der Waals surface area contributed by atoms with E-state index in [2.05, 4.69) is 15.3 Å². The molecule has 0 aliphatic heterocycles. The predicted octanol–water partition coefficient (Wildman–Crippen LogP) is 2.94. The molecular weight excluding hydrogens is 390 g/mol. The van der Waals surface area contributed by atoms with Crippen molar-refractivity contribution in [3.63, 3.8) is 0 Å². The Balaban J connectivity index is 1.88. The number of aliphatic hydroxyl groups excluding tert-OH is 1. The monoisotopic (exact) mass is 413 g/mol. The van der Waals surface area contributed by atoms with E-state index in [0.29, 0.717) is 28.6 Å². The van der Waals surface area contributed by atoms with E-state index in [1.54, 1.807) is 25.1 Å². The minimum Gasteiger partial charge on any atom is -0.493 e. The molecule has 152 valence electrons. The van der Waals surface area contributed by atoms with E-state index in [4.69, 9.17) is 26.8 Å². The SMILES string of the molecule is COc1ccc(-c2n[nH]c(=S)n2/N=C\c2ccc(N(C)CCO)cc2)cc1OC. The van der Waals surface area contributed by atoms with Gasteiger partial charge in [0.2, 0.25) is 4.77 Å². The highest BCUT2D eigenvalue weighted by molar-refractivity contribution is 7.71. The molecule has 0 spiro atoms. The fraction of sp³-hybridized carbons (Fsp3) is 0.250. The van der Waals surface area contributed by atoms with Gasteiger partial charge in [0.15, 0.2) is 17.3 Å². The van der Waals surface area contributed by atoms with Crippen molar-refractivity contribution >= 4 is 24.1 Å². The Bertz CT molecular complexity index is 1040. The Hall–Kier alpha value is -3.17. The normalized spacial score (nSPS) is 11.0. The van der Waals surface area contributed by atoms with Crippen molar-refractivity contribution in [2.45, 2.75) is 0 Å². The molecule has 9 heteroatoms. The van der Waals surface area contributed by atoms with Crippen LogP contribution in [0.25, 0.3) is 11.4 Å². The Kier molecular flexibility index (Phi) is 6.63. The van der Waals surface area contributed by atoms with Gasteiger partial charge in [-0.1, -0.05) is 12.1 Å². The van der Waals surface area contributed by atoms with Crippen molar-refractivity contribution in [2.75, 3.05) is 39.3 Å². The highest BCUT2D eigenvalue weighted by atomic mass is 32.1. The van der Waals surface area contributed by atoms with Crippen LogP contribution in [-0.4, -0.2) is 60.6 Å². The third-order valence-electron chi connectivity index (χ3n) is 4.38. The molecule has 0 aliphatic carbocycles. The molecule has 3 aromatic rings. The van der Waals surface area contributed by atoms with Gasteiger partial charge in [0.05, 0.1) is 27.0 Å². The molecule has 1 aromatic heterocycles. The Morgan fingerprint density at radius 1 is 1.17 bits per heavy atom. The third kappa shape index (κ3) is 4.64. The van der Waals surface area contributed by atoms with Crippen molar-refractivity contribution in [1.82, 2.24) is 14.9 Å². The summed E-state index contributed by atoms with van der Waals surface area (Å²) in [7, 11) is 5.10. The molecule has 0 unspecified atom stereocenters. The van der Waals surface area contributed by atoms with Crippen molar-refractivity contribution < 1.29 is 14.6 Å². The van der Waals surface area contributed by atoms with E-state index < -0.39 is 0 Å². The topological polar surface area (TPSA) is 87.9 Å². The van der Waals surface area contributed by atoms with Gasteiger partial charge in [0, 0.05) is 24.8 Å². The molecule has 3 rings (SSSR count). The van der Waals surface area contributed by atoms with Crippen LogP contribution in [0.4, 0.5) is 5.69 Å². The van der Waals surface area contributed by atoms with Gasteiger partial charge in [-0.15, -0.1) is 0 Å². The lowest BCUT2D eigenvalue weighted by Gasteiger charge is -2.17. The van der Waals surface area contributed by atoms with Crippen LogP contribution in [0.3, 0.4) is 0 Å². The number of nitrogens with one attached hydrogen (secondary N) is 1. The number of aromatic nitrogens is 3. The van der Waals surface area contributed by atoms with Gasteiger partial charge in [0.1, 0.15) is 0 Å². The minimum absolute atomic E-state index is 0.109. The lowest BCUT2D eigenvalue weighted by molar-refractivity contribution is 0.304. The fourth-order valence-corrected chi connectivity index (χ4v) is 2.96. The largest absolute Gasteiger partial charge is 0.493 e. The van der Waals surface area contributed by atoms with Crippen LogP contribution in [-0.2, 0) is 0 Å². The second-order valence-corrected chi connectivity index (χ2v) is 6.60. The summed E-state index contributed by atoms with van der Waals surface area (Å²) in [6.07, 6.45) is 1.71. The summed E-state index contributed by atoms with van der Waals surface area (Å²) >= 11 is 5.33. The van der Waals surface area contributed by atoms with Crippen LogP contribution in [0.1, 0.15) is 5.56 Å². The van der Waals surface area contributed by atoms with Crippen LogP contribution >= 0.6 is 12.2 Å². The molecular formula is C20H23N5O3S. The highest BCUT2D eigenvalue weighted by Gasteiger charge is 2.12. The van der Waals surface area contributed by atoms with Gasteiger partial charge in [-0.2, -0.15) is 14.9 Å². The van der Waals surface area contributed by atoms with Gasteiger partial charge in [-0.05, 0) is 48.1 Å². The number of hydrogen-bond donors (Lipinski definition) is 2. The number of likely N-dealkylation sites (N-methyl/N-ethyl adjacent to an activating group) is 1. The lowest BCUT2D eigenvalue weighted by Crippen LogP contribution is -2.20. The molecule has 0 radical (unpaired) electrons. The van der Waals surface area contributed by atoms with E-state index in [0.717, 1.165) is 16.8 Å². The number of anilines is 1. The van der Waals surface area contributed by atoms with Gasteiger partial charge >= 0.3 is 0 Å². The maximum absolute atomic E-state index is 9.05. The standard InChI is InChI=1S/C20H23N5O3S/c1-24(10-11-26)16-7-4-14(5-8-16)13-21-25-19(22-23-20(25)29)15-6-9-17(27-2)18(12-15)28-3/h4-9,12-13,26H,10-11H2,1-3H3,(H,23,29)/b21-13-. The first-order valence-corrected chi connectivity index (χ1v) is 9.34. The Morgan fingerprint density at radius 2 is 1.90 bits per heavy atom. The molecule has 0 saturated heterocycles. The van der Waals surface area contributed by atoms with Crippen LogP contribution < -0.4 is 14.4 Å². The minimum atomic E-state index is 0.109. The summed E-state index contributed by atoms with van der Waals surface area (Å²) in [6.45, 7) is 0.684. The first-order valence-electron chi connectivity index (χ1n) is 8.93. The zero-order valence-electron chi connectivity index (χ0n) is 16.5. The average Bonchev–Trinajstić information content (AvgIpc) is 3.12. The second-order valence-electron chi connectivity index (χ2n) is 6.22. The van der Waals surface area contributed by atoms with E-state index >= 15 is 0 Å². The zero-order valence-corrected chi connectivity index (χ0v) is 17.3. The van der Waals surface area contributed by atoms with E-state index in [1.807, 2.05) is 54.4 Å². The van der Waals surface area contributed by atoms with Gasteiger partial charge < -0.3 is 19.5 Å². The summed E-state index contributed by atoms with van der Waals surface area (Å²) in [5, 5.41) is 20.6. The summed E-state index contributed by atoms with van der Waals surface area (Å²) in [5.41, 5.74) is 2.71. The third-order valence-corrected chi connectivity index (χ3v) is 4.65. The summed E-state index contributed by atoms with van der Waals surface area (Å²) in [5.74, 6) is 1.79. The maximum Gasteiger partial charge on any atom is 0.216 e.